The Bertz CT molecular complexity index is 1350. The summed E-state index contributed by atoms with van der Waals surface area (Å²) in [6, 6.07) is 13.3. The van der Waals surface area contributed by atoms with Crippen molar-refractivity contribution in [3.05, 3.63) is 64.7 Å². The van der Waals surface area contributed by atoms with Crippen LogP contribution in [0.4, 0.5) is 0 Å². The molecule has 2 aromatic carbocycles. The normalized spacial score (nSPS) is 10.8. The molecule has 4 rings (SSSR count). The van der Waals surface area contributed by atoms with Crippen molar-refractivity contribution in [3.63, 3.8) is 0 Å². The molecule has 0 fully saturated rings. The third-order valence-electron chi connectivity index (χ3n) is 4.96. The summed E-state index contributed by atoms with van der Waals surface area (Å²) in [4.78, 5) is 24.9. The zero-order valence-electron chi connectivity index (χ0n) is 18.2. The molecule has 0 N–H and O–H groups in total. The Kier molecular flexibility index (Phi) is 6.30. The number of nitrogens with zero attached hydrogens (tertiary/aromatic N) is 1. The summed E-state index contributed by atoms with van der Waals surface area (Å²) >= 11 is 0. The Labute approximate surface area is 188 Å². The third-order valence-corrected chi connectivity index (χ3v) is 4.96. The van der Waals surface area contributed by atoms with E-state index in [1.54, 1.807) is 49.6 Å². The number of aromatic nitrogens is 1. The molecule has 0 spiro atoms. The number of fused-ring (bicyclic) bond motifs is 1. The fourth-order valence-corrected chi connectivity index (χ4v) is 3.28. The zero-order chi connectivity index (χ0) is 23.4. The molecule has 2 aromatic heterocycles. The maximum atomic E-state index is 12.7. The Morgan fingerprint density at radius 3 is 2.45 bits per heavy atom. The van der Waals surface area contributed by atoms with Crippen LogP contribution in [0.3, 0.4) is 0 Å². The van der Waals surface area contributed by atoms with Gasteiger partial charge in [-0.1, -0.05) is 0 Å². The molecule has 0 unspecified atom stereocenters. The lowest BCUT2D eigenvalue weighted by atomic mass is 10.0. The van der Waals surface area contributed by atoms with Crippen molar-refractivity contribution >= 4 is 16.9 Å². The smallest absolute Gasteiger partial charge is 0.344 e. The number of carbonyl (C=O) groups is 1. The largest absolute Gasteiger partial charge is 0.497 e. The van der Waals surface area contributed by atoms with Crippen molar-refractivity contribution in [2.24, 2.45) is 0 Å². The van der Waals surface area contributed by atoms with Crippen LogP contribution in [0.2, 0.25) is 0 Å². The van der Waals surface area contributed by atoms with Gasteiger partial charge in [0.25, 0.3) is 5.88 Å². The molecular weight excluding hydrogens is 430 g/mol. The number of aryl methyl sites for hydroxylation is 1. The minimum absolute atomic E-state index is 0.0799. The molecule has 2 heterocycles. The van der Waals surface area contributed by atoms with Crippen LogP contribution >= 0.6 is 0 Å². The van der Waals surface area contributed by atoms with Crippen LogP contribution in [-0.2, 0) is 11.2 Å². The van der Waals surface area contributed by atoms with Crippen LogP contribution in [-0.4, -0.2) is 32.5 Å². The Balaban J connectivity index is 1.53. The first-order valence-electron chi connectivity index (χ1n) is 10.0. The van der Waals surface area contributed by atoms with Crippen molar-refractivity contribution in [2.45, 2.75) is 12.8 Å². The second kappa shape index (κ2) is 9.47. The number of hydrogen-bond acceptors (Lipinski definition) is 9. The molecule has 33 heavy (non-hydrogen) atoms. The second-order valence-corrected chi connectivity index (χ2v) is 7.02. The lowest BCUT2D eigenvalue weighted by Gasteiger charge is -2.10. The number of ether oxygens (including phenoxy) is 4. The van der Waals surface area contributed by atoms with Gasteiger partial charge in [0, 0.05) is 35.6 Å². The molecule has 0 bridgehead atoms. The molecule has 0 aliphatic rings. The molecule has 0 atom stereocenters. The van der Waals surface area contributed by atoms with Crippen LogP contribution in [0.25, 0.3) is 22.1 Å². The molecule has 0 saturated heterocycles. The standard InChI is InChI=1S/C24H21NO8/c1-28-15-6-8-18(21(11-15)29-2)19-10-14-4-5-16(12-20(14)32-24(19)27)31-23(26)9-7-17-13-22(30-3)25-33-17/h4-6,8,10-13H,7,9H2,1-3H3. The predicted molar refractivity (Wildman–Crippen MR) is 118 cm³/mol. The third kappa shape index (κ3) is 4.82. The average molecular weight is 451 g/mol. The van der Waals surface area contributed by atoms with E-state index < -0.39 is 11.6 Å². The quantitative estimate of drug-likeness (QED) is 0.223. The van der Waals surface area contributed by atoms with Crippen LogP contribution < -0.4 is 24.6 Å². The van der Waals surface area contributed by atoms with Crippen molar-refractivity contribution < 1.29 is 32.7 Å². The number of benzene rings is 2. The summed E-state index contributed by atoms with van der Waals surface area (Å²) in [7, 11) is 4.54. The van der Waals surface area contributed by atoms with Crippen molar-refractivity contribution in [1.82, 2.24) is 5.16 Å². The molecular formula is C24H21NO8. The highest BCUT2D eigenvalue weighted by molar-refractivity contribution is 5.85. The van der Waals surface area contributed by atoms with Crippen molar-refractivity contribution in [1.29, 1.82) is 0 Å². The van der Waals surface area contributed by atoms with E-state index in [4.69, 9.17) is 27.9 Å². The molecule has 4 aromatic rings. The zero-order valence-corrected chi connectivity index (χ0v) is 18.2. The van der Waals surface area contributed by atoms with Gasteiger partial charge in [0.1, 0.15) is 28.6 Å². The van der Waals surface area contributed by atoms with Gasteiger partial charge in [0.15, 0.2) is 0 Å². The fourth-order valence-electron chi connectivity index (χ4n) is 3.28. The van der Waals surface area contributed by atoms with Gasteiger partial charge < -0.3 is 27.9 Å². The molecule has 9 heteroatoms. The van der Waals surface area contributed by atoms with Gasteiger partial charge in [-0.15, -0.1) is 0 Å². The predicted octanol–water partition coefficient (Wildman–Crippen LogP) is 4.01. The molecule has 0 aliphatic carbocycles. The maximum absolute atomic E-state index is 12.7. The van der Waals surface area contributed by atoms with Gasteiger partial charge in [0.05, 0.1) is 33.3 Å². The van der Waals surface area contributed by atoms with Crippen LogP contribution in [0.15, 0.2) is 62.3 Å². The van der Waals surface area contributed by atoms with E-state index in [1.807, 2.05) is 0 Å². The molecule has 0 amide bonds. The molecule has 0 saturated carbocycles. The van der Waals surface area contributed by atoms with Crippen LogP contribution in [0, 0.1) is 0 Å². The summed E-state index contributed by atoms with van der Waals surface area (Å²) < 4.78 is 31.5. The monoisotopic (exact) mass is 451 g/mol. The first-order valence-corrected chi connectivity index (χ1v) is 10.0. The minimum Gasteiger partial charge on any atom is -0.497 e. The highest BCUT2D eigenvalue weighted by Crippen LogP contribution is 2.33. The molecule has 170 valence electrons. The molecule has 9 nitrogen and oxygen atoms in total. The average Bonchev–Trinajstić information content (AvgIpc) is 3.30. The summed E-state index contributed by atoms with van der Waals surface area (Å²) in [6.45, 7) is 0. The van der Waals surface area contributed by atoms with E-state index in [-0.39, 0.29) is 12.2 Å². The summed E-state index contributed by atoms with van der Waals surface area (Å²) in [5, 5.41) is 4.34. The summed E-state index contributed by atoms with van der Waals surface area (Å²) in [5.41, 5.74) is 0.665. The van der Waals surface area contributed by atoms with Gasteiger partial charge in [-0.3, -0.25) is 4.79 Å². The van der Waals surface area contributed by atoms with Gasteiger partial charge >= 0.3 is 11.6 Å². The van der Waals surface area contributed by atoms with E-state index in [9.17, 15) is 9.59 Å². The summed E-state index contributed by atoms with van der Waals surface area (Å²) in [6.07, 6.45) is 0.390. The molecule has 0 radical (unpaired) electrons. The van der Waals surface area contributed by atoms with E-state index in [2.05, 4.69) is 5.16 Å². The number of rotatable bonds is 8. The van der Waals surface area contributed by atoms with E-state index in [0.29, 0.717) is 51.7 Å². The maximum Gasteiger partial charge on any atom is 0.344 e. The summed E-state index contributed by atoms with van der Waals surface area (Å²) in [5.74, 6) is 1.74. The minimum atomic E-state index is -0.547. The molecule has 0 aliphatic heterocycles. The number of carbonyl (C=O) groups excluding carboxylic acids is 1. The fraction of sp³-hybridized carbons (Fsp3) is 0.208. The Morgan fingerprint density at radius 2 is 1.73 bits per heavy atom. The van der Waals surface area contributed by atoms with Crippen LogP contribution in [0.1, 0.15) is 12.2 Å². The van der Waals surface area contributed by atoms with Crippen LogP contribution in [0.5, 0.6) is 23.1 Å². The lowest BCUT2D eigenvalue weighted by Crippen LogP contribution is -2.09. The number of esters is 1. The lowest BCUT2D eigenvalue weighted by molar-refractivity contribution is -0.134. The van der Waals surface area contributed by atoms with Crippen molar-refractivity contribution in [3.8, 4) is 34.3 Å². The first-order chi connectivity index (χ1) is 16.0. The first kappa shape index (κ1) is 21.9. The second-order valence-electron chi connectivity index (χ2n) is 7.02. The number of methoxy groups -OCH3 is 3. The van der Waals surface area contributed by atoms with E-state index in [1.165, 1.54) is 20.3 Å². The SMILES string of the molecule is COc1ccc(-c2cc3ccc(OC(=O)CCc4cc(OC)no4)cc3oc2=O)c(OC)c1. The van der Waals surface area contributed by atoms with Crippen molar-refractivity contribution in [2.75, 3.05) is 21.3 Å². The van der Waals surface area contributed by atoms with Gasteiger partial charge in [-0.05, 0) is 35.5 Å². The van der Waals surface area contributed by atoms with E-state index >= 15 is 0 Å². The number of hydrogen-bond donors (Lipinski definition) is 0. The van der Waals surface area contributed by atoms with Gasteiger partial charge in [0.2, 0.25) is 0 Å². The topological polar surface area (TPSA) is 110 Å². The highest BCUT2D eigenvalue weighted by atomic mass is 16.5. The Hall–Kier alpha value is -4.27. The Morgan fingerprint density at radius 1 is 0.909 bits per heavy atom. The highest BCUT2D eigenvalue weighted by Gasteiger charge is 2.15. The van der Waals surface area contributed by atoms with Gasteiger partial charge in [-0.2, -0.15) is 0 Å². The van der Waals surface area contributed by atoms with E-state index in [0.717, 1.165) is 0 Å². The van der Waals surface area contributed by atoms with Gasteiger partial charge in [-0.25, -0.2) is 4.79 Å².